The highest BCUT2D eigenvalue weighted by molar-refractivity contribution is 5.80. The highest BCUT2D eigenvalue weighted by Crippen LogP contribution is 2.14. The number of aromatic nitrogens is 2. The molecule has 0 aliphatic heterocycles. The second-order valence-corrected chi connectivity index (χ2v) is 7.02. The van der Waals surface area contributed by atoms with Gasteiger partial charge in [-0.05, 0) is 50.6 Å². The van der Waals surface area contributed by atoms with Crippen molar-refractivity contribution in [3.8, 4) is 5.75 Å². The van der Waals surface area contributed by atoms with Crippen molar-refractivity contribution in [1.29, 1.82) is 0 Å². The fraction of sp³-hybridized carbons (Fsp3) is 0.318. The Hall–Kier alpha value is -3.35. The van der Waals surface area contributed by atoms with Gasteiger partial charge in [0.1, 0.15) is 12.3 Å². The molecule has 1 heterocycles. The molecule has 0 saturated carbocycles. The van der Waals surface area contributed by atoms with Crippen LogP contribution in [0.3, 0.4) is 0 Å². The quantitative estimate of drug-likeness (QED) is 0.622. The van der Waals surface area contributed by atoms with Crippen molar-refractivity contribution in [2.24, 2.45) is 0 Å². The first kappa shape index (κ1) is 20.4. The van der Waals surface area contributed by atoms with E-state index >= 15 is 0 Å². The second kappa shape index (κ2) is 8.77. The molecule has 7 heteroatoms. The Bertz CT molecular complexity index is 1130. The Balaban J connectivity index is 1.76. The van der Waals surface area contributed by atoms with Crippen molar-refractivity contribution < 1.29 is 9.53 Å². The largest absolute Gasteiger partial charge is 0.491 e. The highest BCUT2D eigenvalue weighted by atomic mass is 16.5. The summed E-state index contributed by atoms with van der Waals surface area (Å²) in [4.78, 5) is 37.4. The zero-order chi connectivity index (χ0) is 21.0. The summed E-state index contributed by atoms with van der Waals surface area (Å²) < 4.78 is 8.26. The first-order chi connectivity index (χ1) is 13.9. The SMILES string of the molecule is CCn1c(=O)c(=O)n(CC(=O)NCc2ccc(OC(C)C)cc2)c2ccccc21. The summed E-state index contributed by atoms with van der Waals surface area (Å²) in [5.74, 6) is 0.429. The van der Waals surface area contributed by atoms with Crippen LogP contribution in [-0.4, -0.2) is 21.1 Å². The van der Waals surface area contributed by atoms with Gasteiger partial charge in [0.05, 0.1) is 17.1 Å². The van der Waals surface area contributed by atoms with Gasteiger partial charge in [-0.15, -0.1) is 0 Å². The number of hydrogen-bond acceptors (Lipinski definition) is 4. The number of benzene rings is 2. The predicted molar refractivity (Wildman–Crippen MR) is 112 cm³/mol. The van der Waals surface area contributed by atoms with Crippen molar-refractivity contribution in [1.82, 2.24) is 14.5 Å². The summed E-state index contributed by atoms with van der Waals surface area (Å²) in [6, 6.07) is 14.5. The van der Waals surface area contributed by atoms with E-state index in [0.29, 0.717) is 24.1 Å². The van der Waals surface area contributed by atoms with E-state index in [4.69, 9.17) is 4.74 Å². The lowest BCUT2D eigenvalue weighted by Gasteiger charge is -2.14. The summed E-state index contributed by atoms with van der Waals surface area (Å²) >= 11 is 0. The zero-order valence-electron chi connectivity index (χ0n) is 16.8. The number of amides is 1. The third-order valence-electron chi connectivity index (χ3n) is 4.54. The van der Waals surface area contributed by atoms with Gasteiger partial charge in [0.15, 0.2) is 0 Å². The van der Waals surface area contributed by atoms with E-state index in [-0.39, 0.29) is 18.6 Å². The molecule has 3 aromatic rings. The lowest BCUT2D eigenvalue weighted by Crippen LogP contribution is -2.43. The summed E-state index contributed by atoms with van der Waals surface area (Å²) in [5, 5.41) is 2.80. The maximum absolute atomic E-state index is 12.5. The summed E-state index contributed by atoms with van der Waals surface area (Å²) in [7, 11) is 0. The number of nitrogens with zero attached hydrogens (tertiary/aromatic N) is 2. The van der Waals surface area contributed by atoms with Crippen LogP contribution in [0.5, 0.6) is 5.75 Å². The first-order valence-electron chi connectivity index (χ1n) is 9.65. The van der Waals surface area contributed by atoms with Gasteiger partial charge in [-0.2, -0.15) is 0 Å². The number of carbonyl (C=O) groups excluding carboxylic acids is 1. The van der Waals surface area contributed by atoms with Gasteiger partial charge < -0.3 is 14.6 Å². The van der Waals surface area contributed by atoms with Crippen LogP contribution in [0.25, 0.3) is 11.0 Å². The van der Waals surface area contributed by atoms with E-state index in [2.05, 4.69) is 5.32 Å². The molecule has 1 N–H and O–H groups in total. The van der Waals surface area contributed by atoms with E-state index < -0.39 is 11.1 Å². The van der Waals surface area contributed by atoms with Crippen LogP contribution in [0.15, 0.2) is 58.1 Å². The molecular formula is C22H25N3O4. The van der Waals surface area contributed by atoms with Crippen LogP contribution in [0, 0.1) is 0 Å². The molecule has 3 rings (SSSR count). The highest BCUT2D eigenvalue weighted by Gasteiger charge is 2.14. The predicted octanol–water partition coefficient (Wildman–Crippen LogP) is 2.29. The minimum absolute atomic E-state index is 0.0943. The molecule has 0 radical (unpaired) electrons. The molecule has 0 aliphatic carbocycles. The van der Waals surface area contributed by atoms with Crippen LogP contribution in [0.2, 0.25) is 0 Å². The Morgan fingerprint density at radius 3 is 2.14 bits per heavy atom. The smallest absolute Gasteiger partial charge is 0.317 e. The Kier molecular flexibility index (Phi) is 6.16. The minimum Gasteiger partial charge on any atom is -0.491 e. The second-order valence-electron chi connectivity index (χ2n) is 7.02. The third-order valence-corrected chi connectivity index (χ3v) is 4.54. The average Bonchev–Trinajstić information content (AvgIpc) is 2.71. The topological polar surface area (TPSA) is 82.3 Å². The zero-order valence-corrected chi connectivity index (χ0v) is 16.8. The van der Waals surface area contributed by atoms with Crippen LogP contribution in [-0.2, 0) is 24.4 Å². The molecule has 1 amide bonds. The summed E-state index contributed by atoms with van der Waals surface area (Å²) in [6.45, 7) is 6.21. The number of nitrogens with one attached hydrogen (secondary N) is 1. The minimum atomic E-state index is -0.698. The monoisotopic (exact) mass is 395 g/mol. The fourth-order valence-corrected chi connectivity index (χ4v) is 3.20. The number of carbonyl (C=O) groups is 1. The molecule has 0 spiro atoms. The Labute approximate surface area is 168 Å². The molecule has 0 atom stereocenters. The van der Waals surface area contributed by atoms with Gasteiger partial charge in [0.2, 0.25) is 5.91 Å². The number of para-hydroxylation sites is 2. The number of hydrogen-bond donors (Lipinski definition) is 1. The van der Waals surface area contributed by atoms with Crippen LogP contribution in [0.1, 0.15) is 26.3 Å². The molecule has 152 valence electrons. The van der Waals surface area contributed by atoms with E-state index in [0.717, 1.165) is 11.3 Å². The number of fused-ring (bicyclic) bond motifs is 1. The van der Waals surface area contributed by atoms with E-state index in [1.54, 1.807) is 24.3 Å². The fourth-order valence-electron chi connectivity index (χ4n) is 3.20. The van der Waals surface area contributed by atoms with Gasteiger partial charge in [-0.25, -0.2) is 0 Å². The lowest BCUT2D eigenvalue weighted by molar-refractivity contribution is -0.121. The Morgan fingerprint density at radius 2 is 1.55 bits per heavy atom. The van der Waals surface area contributed by atoms with Gasteiger partial charge >= 0.3 is 11.1 Å². The third kappa shape index (κ3) is 4.56. The normalized spacial score (nSPS) is 11.0. The standard InChI is InChI=1S/C22H25N3O4/c1-4-24-18-7-5-6-8-19(18)25(22(28)21(24)27)14-20(26)23-13-16-9-11-17(12-10-16)29-15(2)3/h5-12,15H,4,13-14H2,1-3H3,(H,23,26). The van der Waals surface area contributed by atoms with E-state index in [1.807, 2.05) is 45.0 Å². The van der Waals surface area contributed by atoms with Crippen molar-refractivity contribution in [2.75, 3.05) is 0 Å². The maximum atomic E-state index is 12.5. The molecule has 0 unspecified atom stereocenters. The van der Waals surface area contributed by atoms with Crippen LogP contribution in [0.4, 0.5) is 0 Å². The molecule has 1 aromatic heterocycles. The summed E-state index contributed by atoms with van der Waals surface area (Å²) in [6.07, 6.45) is 0.0943. The van der Waals surface area contributed by atoms with Crippen molar-refractivity contribution >= 4 is 16.9 Å². The summed E-state index contributed by atoms with van der Waals surface area (Å²) in [5.41, 5.74) is 0.779. The van der Waals surface area contributed by atoms with Gasteiger partial charge in [-0.1, -0.05) is 24.3 Å². The van der Waals surface area contributed by atoms with Gasteiger partial charge in [0.25, 0.3) is 0 Å². The number of ether oxygens (including phenoxy) is 1. The van der Waals surface area contributed by atoms with E-state index in [1.165, 1.54) is 9.13 Å². The lowest BCUT2D eigenvalue weighted by atomic mass is 10.2. The van der Waals surface area contributed by atoms with Crippen LogP contribution >= 0.6 is 0 Å². The molecule has 7 nitrogen and oxygen atoms in total. The molecule has 0 saturated heterocycles. The molecule has 2 aromatic carbocycles. The molecule has 29 heavy (non-hydrogen) atoms. The Morgan fingerprint density at radius 1 is 0.966 bits per heavy atom. The number of rotatable bonds is 7. The maximum Gasteiger partial charge on any atom is 0.317 e. The van der Waals surface area contributed by atoms with Gasteiger partial charge in [-0.3, -0.25) is 19.0 Å². The van der Waals surface area contributed by atoms with Gasteiger partial charge in [0, 0.05) is 13.1 Å². The molecule has 0 bridgehead atoms. The first-order valence-corrected chi connectivity index (χ1v) is 9.65. The van der Waals surface area contributed by atoms with Crippen LogP contribution < -0.4 is 21.2 Å². The van der Waals surface area contributed by atoms with Crippen molar-refractivity contribution in [3.05, 3.63) is 74.8 Å². The van der Waals surface area contributed by atoms with Crippen molar-refractivity contribution in [2.45, 2.75) is 46.5 Å². The molecule has 0 fully saturated rings. The average molecular weight is 395 g/mol. The molecule has 0 aliphatic rings. The number of aryl methyl sites for hydroxylation is 1. The van der Waals surface area contributed by atoms with E-state index in [9.17, 15) is 14.4 Å². The van der Waals surface area contributed by atoms with Crippen molar-refractivity contribution in [3.63, 3.8) is 0 Å². The molecular weight excluding hydrogens is 370 g/mol.